The van der Waals surface area contributed by atoms with Gasteiger partial charge in [0.1, 0.15) is 0 Å². The highest BCUT2D eigenvalue weighted by molar-refractivity contribution is 5.90. The minimum atomic E-state index is -0.288. The van der Waals surface area contributed by atoms with Crippen LogP contribution in [0.25, 0.3) is 0 Å². The highest BCUT2D eigenvalue weighted by atomic mass is 16.5. The highest BCUT2D eigenvalue weighted by Crippen LogP contribution is 2.12. The van der Waals surface area contributed by atoms with Crippen LogP contribution in [0.3, 0.4) is 0 Å². The van der Waals surface area contributed by atoms with Crippen LogP contribution < -0.4 is 0 Å². The average Bonchev–Trinajstić information content (AvgIpc) is 2.43. The van der Waals surface area contributed by atoms with E-state index in [1.807, 2.05) is 25.2 Å². The number of aliphatic hydroxyl groups excluding tert-OH is 1. The van der Waals surface area contributed by atoms with E-state index in [1.54, 1.807) is 6.07 Å². The minimum Gasteiger partial charge on any atom is -0.465 e. The summed E-state index contributed by atoms with van der Waals surface area (Å²) in [6.07, 6.45) is 2.93. The first kappa shape index (κ1) is 15.7. The Morgan fingerprint density at radius 3 is 2.68 bits per heavy atom. The van der Waals surface area contributed by atoms with Gasteiger partial charge in [0.05, 0.1) is 12.7 Å². The van der Waals surface area contributed by atoms with E-state index >= 15 is 0 Å². The molecule has 0 fully saturated rings. The molecule has 1 rings (SSSR count). The van der Waals surface area contributed by atoms with E-state index < -0.39 is 0 Å². The third-order valence-electron chi connectivity index (χ3n) is 3.06. The summed E-state index contributed by atoms with van der Waals surface area (Å²) in [5.74, 6) is -0.288. The lowest BCUT2D eigenvalue weighted by Gasteiger charge is -2.18. The van der Waals surface area contributed by atoms with Gasteiger partial charge in [-0.25, -0.2) is 4.79 Å². The van der Waals surface area contributed by atoms with Gasteiger partial charge in [0.15, 0.2) is 0 Å². The minimum absolute atomic E-state index is 0.259. The van der Waals surface area contributed by atoms with Crippen LogP contribution in [-0.4, -0.2) is 43.3 Å². The zero-order valence-corrected chi connectivity index (χ0v) is 11.8. The van der Waals surface area contributed by atoms with Gasteiger partial charge < -0.3 is 14.7 Å². The lowest BCUT2D eigenvalue weighted by atomic mass is 10.1. The predicted octanol–water partition coefficient (Wildman–Crippen LogP) is 2.07. The molecule has 0 aliphatic carbocycles. The molecule has 0 radical (unpaired) electrons. The van der Waals surface area contributed by atoms with Crippen molar-refractivity contribution in [2.45, 2.75) is 25.8 Å². The van der Waals surface area contributed by atoms with Crippen molar-refractivity contribution >= 4 is 5.97 Å². The average molecular weight is 265 g/mol. The standard InChI is InChI=1S/C15H23NO3/c1-16(10-6-3-7-11-17)12-13-8-4-5-9-14(13)15(18)19-2/h4-5,8-9,17H,3,6-7,10-12H2,1-2H3. The summed E-state index contributed by atoms with van der Waals surface area (Å²) in [5, 5.41) is 8.73. The predicted molar refractivity (Wildman–Crippen MR) is 75.1 cm³/mol. The first-order valence-electron chi connectivity index (χ1n) is 6.64. The Morgan fingerprint density at radius 2 is 2.00 bits per heavy atom. The molecule has 1 aromatic carbocycles. The van der Waals surface area contributed by atoms with Crippen molar-refractivity contribution < 1.29 is 14.6 Å². The molecule has 19 heavy (non-hydrogen) atoms. The molecule has 0 aliphatic heterocycles. The number of aliphatic hydroxyl groups is 1. The van der Waals surface area contributed by atoms with Gasteiger partial charge >= 0.3 is 5.97 Å². The van der Waals surface area contributed by atoms with Gasteiger partial charge in [-0.1, -0.05) is 18.2 Å². The van der Waals surface area contributed by atoms with Crippen LogP contribution in [0.1, 0.15) is 35.2 Å². The summed E-state index contributed by atoms with van der Waals surface area (Å²) in [7, 11) is 3.44. The summed E-state index contributed by atoms with van der Waals surface area (Å²) in [6.45, 7) is 1.94. The Labute approximate surface area is 115 Å². The largest absolute Gasteiger partial charge is 0.465 e. The van der Waals surface area contributed by atoms with Crippen molar-refractivity contribution in [1.82, 2.24) is 4.90 Å². The number of nitrogens with zero attached hydrogens (tertiary/aromatic N) is 1. The molecule has 0 aromatic heterocycles. The summed E-state index contributed by atoms with van der Waals surface area (Å²) in [5.41, 5.74) is 1.62. The van der Waals surface area contributed by atoms with E-state index in [0.29, 0.717) is 5.56 Å². The van der Waals surface area contributed by atoms with Gasteiger partial charge in [0, 0.05) is 13.2 Å². The first-order chi connectivity index (χ1) is 9.19. The fourth-order valence-corrected chi connectivity index (χ4v) is 2.01. The van der Waals surface area contributed by atoms with Crippen LogP contribution in [0.4, 0.5) is 0 Å². The SMILES string of the molecule is COC(=O)c1ccccc1CN(C)CCCCCO. The molecule has 0 amide bonds. The number of carbonyl (C=O) groups is 1. The highest BCUT2D eigenvalue weighted by Gasteiger charge is 2.12. The lowest BCUT2D eigenvalue weighted by Crippen LogP contribution is -2.21. The van der Waals surface area contributed by atoms with Crippen LogP contribution in [-0.2, 0) is 11.3 Å². The number of hydrogen-bond acceptors (Lipinski definition) is 4. The monoisotopic (exact) mass is 265 g/mol. The molecule has 0 unspecified atom stereocenters. The van der Waals surface area contributed by atoms with E-state index in [2.05, 4.69) is 4.90 Å². The molecule has 0 heterocycles. The van der Waals surface area contributed by atoms with Crippen molar-refractivity contribution in [3.63, 3.8) is 0 Å². The second-order valence-electron chi connectivity index (χ2n) is 4.67. The van der Waals surface area contributed by atoms with Crippen molar-refractivity contribution in [2.24, 2.45) is 0 Å². The van der Waals surface area contributed by atoms with E-state index in [4.69, 9.17) is 9.84 Å². The summed E-state index contributed by atoms with van der Waals surface area (Å²) in [6, 6.07) is 7.52. The fourth-order valence-electron chi connectivity index (χ4n) is 2.01. The van der Waals surface area contributed by atoms with E-state index in [-0.39, 0.29) is 12.6 Å². The first-order valence-corrected chi connectivity index (χ1v) is 6.64. The zero-order chi connectivity index (χ0) is 14.1. The van der Waals surface area contributed by atoms with Gasteiger partial charge in [0.2, 0.25) is 0 Å². The summed E-state index contributed by atoms with van der Waals surface area (Å²) < 4.78 is 4.79. The van der Waals surface area contributed by atoms with E-state index in [0.717, 1.165) is 37.9 Å². The van der Waals surface area contributed by atoms with Crippen LogP contribution >= 0.6 is 0 Å². The molecule has 4 nitrogen and oxygen atoms in total. The van der Waals surface area contributed by atoms with E-state index in [1.165, 1.54) is 7.11 Å². The van der Waals surface area contributed by atoms with Crippen LogP contribution in [0.15, 0.2) is 24.3 Å². The molecule has 0 spiro atoms. The van der Waals surface area contributed by atoms with Crippen molar-refractivity contribution in [3.8, 4) is 0 Å². The Hall–Kier alpha value is -1.39. The van der Waals surface area contributed by atoms with Gasteiger partial charge in [-0.15, -0.1) is 0 Å². The number of ether oxygens (including phenoxy) is 1. The molecule has 0 saturated carbocycles. The van der Waals surface area contributed by atoms with Gasteiger partial charge in [-0.3, -0.25) is 0 Å². The second kappa shape index (κ2) is 8.67. The van der Waals surface area contributed by atoms with Gasteiger partial charge in [-0.05, 0) is 44.5 Å². The molecule has 0 atom stereocenters. The molecule has 0 saturated heterocycles. The third kappa shape index (κ3) is 5.41. The number of esters is 1. The maximum atomic E-state index is 11.6. The smallest absolute Gasteiger partial charge is 0.338 e. The number of hydrogen-bond donors (Lipinski definition) is 1. The lowest BCUT2D eigenvalue weighted by molar-refractivity contribution is 0.0598. The normalized spacial score (nSPS) is 10.7. The molecular formula is C15H23NO3. The number of rotatable bonds is 8. The maximum absolute atomic E-state index is 11.6. The van der Waals surface area contributed by atoms with Crippen LogP contribution in [0.2, 0.25) is 0 Å². The molecule has 4 heteroatoms. The summed E-state index contributed by atoms with van der Waals surface area (Å²) in [4.78, 5) is 13.8. The van der Waals surface area contributed by atoms with Crippen LogP contribution in [0, 0.1) is 0 Å². The van der Waals surface area contributed by atoms with Crippen molar-refractivity contribution in [1.29, 1.82) is 0 Å². The van der Waals surface area contributed by atoms with Gasteiger partial charge in [0.25, 0.3) is 0 Å². The van der Waals surface area contributed by atoms with Crippen molar-refractivity contribution in [2.75, 3.05) is 27.3 Å². The maximum Gasteiger partial charge on any atom is 0.338 e. The Morgan fingerprint density at radius 1 is 1.26 bits per heavy atom. The number of unbranched alkanes of at least 4 members (excludes halogenated alkanes) is 2. The molecule has 0 bridgehead atoms. The Kier molecular flexibility index (Phi) is 7.15. The zero-order valence-electron chi connectivity index (χ0n) is 11.8. The topological polar surface area (TPSA) is 49.8 Å². The van der Waals surface area contributed by atoms with Gasteiger partial charge in [-0.2, -0.15) is 0 Å². The molecular weight excluding hydrogens is 242 g/mol. The number of benzene rings is 1. The third-order valence-corrected chi connectivity index (χ3v) is 3.06. The van der Waals surface area contributed by atoms with E-state index in [9.17, 15) is 4.79 Å². The molecule has 106 valence electrons. The van der Waals surface area contributed by atoms with Crippen molar-refractivity contribution in [3.05, 3.63) is 35.4 Å². The second-order valence-corrected chi connectivity index (χ2v) is 4.67. The fraction of sp³-hybridized carbons (Fsp3) is 0.533. The Balaban J connectivity index is 2.54. The molecule has 1 aromatic rings. The summed E-state index contributed by atoms with van der Waals surface area (Å²) >= 11 is 0. The number of carbonyl (C=O) groups excluding carboxylic acids is 1. The molecule has 0 aliphatic rings. The Bertz CT molecular complexity index is 393. The molecule has 1 N–H and O–H groups in total. The quantitative estimate of drug-likeness (QED) is 0.577. The van der Waals surface area contributed by atoms with Crippen LogP contribution in [0.5, 0.6) is 0 Å². The number of methoxy groups -OCH3 is 1.